The summed E-state index contributed by atoms with van der Waals surface area (Å²) in [6.45, 7) is 13.9. The lowest BCUT2D eigenvalue weighted by molar-refractivity contribution is 0.531. The minimum atomic E-state index is 0.0946. The molecule has 134 valence electrons. The second-order valence-electron chi connectivity index (χ2n) is 9.17. The van der Waals surface area contributed by atoms with E-state index in [0.29, 0.717) is 0 Å². The molecular weight excluding hydrogens is 312 g/mol. The fourth-order valence-corrected chi connectivity index (χ4v) is 3.70. The topological polar surface area (TPSA) is 0 Å². The first-order valence-corrected chi connectivity index (χ1v) is 9.48. The minimum Gasteiger partial charge on any atom is -0.0622 e. The van der Waals surface area contributed by atoms with Crippen LogP contribution in [0, 0.1) is 0 Å². The van der Waals surface area contributed by atoms with Gasteiger partial charge in [0.1, 0.15) is 0 Å². The van der Waals surface area contributed by atoms with Crippen LogP contribution < -0.4 is 0 Å². The molecular formula is C26H30. The van der Waals surface area contributed by atoms with Crippen molar-refractivity contribution in [1.82, 2.24) is 0 Å². The summed E-state index contributed by atoms with van der Waals surface area (Å²) in [5.74, 6) is 0. The Balaban J connectivity index is 2.13. The average molecular weight is 343 g/mol. The van der Waals surface area contributed by atoms with Crippen LogP contribution in [0.1, 0.15) is 52.7 Å². The maximum Gasteiger partial charge on any atom is -0.0123 e. The molecule has 0 radical (unpaired) electrons. The summed E-state index contributed by atoms with van der Waals surface area (Å²) in [4.78, 5) is 0. The van der Waals surface area contributed by atoms with Crippen LogP contribution in [-0.2, 0) is 10.8 Å². The van der Waals surface area contributed by atoms with Crippen LogP contribution >= 0.6 is 0 Å². The predicted octanol–water partition coefficient (Wildman–Crippen LogP) is 7.62. The van der Waals surface area contributed by atoms with Crippen molar-refractivity contribution in [3.05, 3.63) is 83.9 Å². The number of rotatable bonds is 2. The summed E-state index contributed by atoms with van der Waals surface area (Å²) in [5, 5.41) is 0. The van der Waals surface area contributed by atoms with E-state index in [4.69, 9.17) is 0 Å². The summed E-state index contributed by atoms with van der Waals surface area (Å²) in [7, 11) is 0. The summed E-state index contributed by atoms with van der Waals surface area (Å²) in [5.41, 5.74) is 8.29. The molecule has 0 atom stereocenters. The third-order valence-corrected chi connectivity index (χ3v) is 4.93. The maximum absolute atomic E-state index is 2.32. The van der Waals surface area contributed by atoms with Crippen LogP contribution in [-0.4, -0.2) is 0 Å². The Labute approximate surface area is 158 Å². The lowest BCUT2D eigenvalue weighted by atomic mass is 9.72. The molecule has 0 aliphatic carbocycles. The molecule has 0 saturated heterocycles. The number of hydrogen-bond donors (Lipinski definition) is 0. The van der Waals surface area contributed by atoms with Crippen molar-refractivity contribution < 1.29 is 0 Å². The van der Waals surface area contributed by atoms with Gasteiger partial charge >= 0.3 is 0 Å². The van der Waals surface area contributed by atoms with Gasteiger partial charge in [-0.2, -0.15) is 0 Å². The number of hydrogen-bond acceptors (Lipinski definition) is 0. The van der Waals surface area contributed by atoms with E-state index in [1.807, 2.05) is 0 Å². The highest BCUT2D eigenvalue weighted by Crippen LogP contribution is 2.40. The quantitative estimate of drug-likeness (QED) is 0.449. The molecule has 0 aliphatic rings. The summed E-state index contributed by atoms with van der Waals surface area (Å²) in [6.07, 6.45) is 0. The highest BCUT2D eigenvalue weighted by atomic mass is 14.3. The van der Waals surface area contributed by atoms with Gasteiger partial charge < -0.3 is 0 Å². The van der Waals surface area contributed by atoms with Crippen molar-refractivity contribution in [3.8, 4) is 22.3 Å². The second-order valence-corrected chi connectivity index (χ2v) is 9.17. The van der Waals surface area contributed by atoms with Crippen molar-refractivity contribution in [2.75, 3.05) is 0 Å². The molecule has 0 bridgehead atoms. The first-order valence-electron chi connectivity index (χ1n) is 9.48. The molecule has 0 aliphatic heterocycles. The van der Waals surface area contributed by atoms with E-state index >= 15 is 0 Å². The van der Waals surface area contributed by atoms with E-state index in [1.165, 1.54) is 33.4 Å². The molecule has 0 amide bonds. The SMILES string of the molecule is CC(C)(C)c1cccc(-c2ccc(-c3ccccc3)cc2)c1C(C)(C)C. The zero-order valence-electron chi connectivity index (χ0n) is 16.9. The molecule has 0 unspecified atom stereocenters. The lowest BCUT2D eigenvalue weighted by Gasteiger charge is -2.32. The average Bonchev–Trinajstić information content (AvgIpc) is 2.60. The van der Waals surface area contributed by atoms with Gasteiger partial charge in [-0.3, -0.25) is 0 Å². The van der Waals surface area contributed by atoms with Gasteiger partial charge in [-0.15, -0.1) is 0 Å². The zero-order chi connectivity index (χ0) is 18.9. The Bertz CT molecular complexity index is 870. The van der Waals surface area contributed by atoms with Crippen LogP contribution in [0.4, 0.5) is 0 Å². The molecule has 3 aromatic rings. The van der Waals surface area contributed by atoms with E-state index in [2.05, 4.69) is 114 Å². The van der Waals surface area contributed by atoms with Crippen LogP contribution in [0.3, 0.4) is 0 Å². The zero-order valence-corrected chi connectivity index (χ0v) is 16.9. The van der Waals surface area contributed by atoms with Crippen LogP contribution in [0.25, 0.3) is 22.3 Å². The van der Waals surface area contributed by atoms with Crippen molar-refractivity contribution >= 4 is 0 Å². The third kappa shape index (κ3) is 3.75. The molecule has 0 saturated carbocycles. The summed E-state index contributed by atoms with van der Waals surface area (Å²) < 4.78 is 0. The summed E-state index contributed by atoms with van der Waals surface area (Å²) >= 11 is 0. The highest BCUT2D eigenvalue weighted by molar-refractivity contribution is 5.74. The highest BCUT2D eigenvalue weighted by Gasteiger charge is 2.27. The first-order chi connectivity index (χ1) is 12.2. The Morgan fingerprint density at radius 1 is 0.462 bits per heavy atom. The fourth-order valence-electron chi connectivity index (χ4n) is 3.70. The van der Waals surface area contributed by atoms with Crippen LogP contribution in [0.15, 0.2) is 72.8 Å². The van der Waals surface area contributed by atoms with Gasteiger partial charge in [-0.05, 0) is 44.2 Å². The van der Waals surface area contributed by atoms with Crippen molar-refractivity contribution in [1.29, 1.82) is 0 Å². The van der Waals surface area contributed by atoms with Gasteiger partial charge in [0.25, 0.3) is 0 Å². The van der Waals surface area contributed by atoms with E-state index in [9.17, 15) is 0 Å². The smallest absolute Gasteiger partial charge is 0.0123 e. The minimum absolute atomic E-state index is 0.0946. The van der Waals surface area contributed by atoms with E-state index in [1.54, 1.807) is 0 Å². The first kappa shape index (κ1) is 18.5. The standard InChI is InChI=1S/C26H30/c1-25(2,3)23-14-10-13-22(24(23)26(4,5)6)21-17-15-20(16-18-21)19-11-8-7-9-12-19/h7-18H,1-6H3. The third-order valence-electron chi connectivity index (χ3n) is 4.93. The monoisotopic (exact) mass is 342 g/mol. The molecule has 26 heavy (non-hydrogen) atoms. The molecule has 3 rings (SSSR count). The van der Waals surface area contributed by atoms with Gasteiger partial charge in [0.15, 0.2) is 0 Å². The largest absolute Gasteiger partial charge is 0.0622 e. The fraction of sp³-hybridized carbons (Fsp3) is 0.308. The van der Waals surface area contributed by atoms with Gasteiger partial charge in [0.05, 0.1) is 0 Å². The summed E-state index contributed by atoms with van der Waals surface area (Å²) in [6, 6.07) is 26.3. The van der Waals surface area contributed by atoms with E-state index in [0.717, 1.165) is 0 Å². The Kier molecular flexibility index (Phi) is 4.80. The Hall–Kier alpha value is -2.34. The van der Waals surface area contributed by atoms with E-state index in [-0.39, 0.29) is 10.8 Å². The van der Waals surface area contributed by atoms with Gasteiger partial charge in [-0.1, -0.05) is 114 Å². The predicted molar refractivity (Wildman–Crippen MR) is 115 cm³/mol. The van der Waals surface area contributed by atoms with Crippen molar-refractivity contribution in [2.45, 2.75) is 52.4 Å². The normalized spacial score (nSPS) is 12.2. The van der Waals surface area contributed by atoms with Crippen molar-refractivity contribution in [3.63, 3.8) is 0 Å². The molecule has 3 aromatic carbocycles. The molecule has 0 nitrogen and oxygen atoms in total. The second kappa shape index (κ2) is 6.76. The van der Waals surface area contributed by atoms with Crippen LogP contribution in [0.2, 0.25) is 0 Å². The number of benzene rings is 3. The van der Waals surface area contributed by atoms with E-state index < -0.39 is 0 Å². The molecule has 0 aromatic heterocycles. The molecule has 0 fully saturated rings. The molecule has 0 spiro atoms. The van der Waals surface area contributed by atoms with Crippen LogP contribution in [0.5, 0.6) is 0 Å². The van der Waals surface area contributed by atoms with Gasteiger partial charge in [0.2, 0.25) is 0 Å². The van der Waals surface area contributed by atoms with Gasteiger partial charge in [0, 0.05) is 0 Å². The maximum atomic E-state index is 2.32. The molecule has 0 heterocycles. The lowest BCUT2D eigenvalue weighted by Crippen LogP contribution is -2.23. The Morgan fingerprint density at radius 2 is 1.00 bits per heavy atom. The Morgan fingerprint density at radius 3 is 1.54 bits per heavy atom. The van der Waals surface area contributed by atoms with Crippen molar-refractivity contribution in [2.24, 2.45) is 0 Å². The molecule has 0 heteroatoms. The molecule has 0 N–H and O–H groups in total. The van der Waals surface area contributed by atoms with Gasteiger partial charge in [-0.25, -0.2) is 0 Å².